The molecule has 2 N–H and O–H groups in total. The Hall–Kier alpha value is -1.89. The molecule has 20 heavy (non-hydrogen) atoms. The Kier molecular flexibility index (Phi) is 6.17. The smallest absolute Gasteiger partial charge is 0.311 e. The second kappa shape index (κ2) is 7.64. The quantitative estimate of drug-likeness (QED) is 0.561. The van der Waals surface area contributed by atoms with E-state index < -0.39 is 4.92 Å². The molecule has 0 bridgehead atoms. The first kappa shape index (κ1) is 16.2. The highest BCUT2D eigenvalue weighted by Crippen LogP contribution is 2.24. The van der Waals surface area contributed by atoms with Gasteiger partial charge in [-0.25, -0.2) is 4.98 Å². The molecule has 0 aliphatic heterocycles. The molecule has 0 aliphatic rings. The zero-order valence-electron chi connectivity index (χ0n) is 12.5. The summed E-state index contributed by atoms with van der Waals surface area (Å²) in [6.45, 7) is 8.91. The molecule has 7 nitrogen and oxygen atoms in total. The molecule has 0 fully saturated rings. The molecule has 7 heteroatoms. The third-order valence-corrected chi connectivity index (χ3v) is 3.14. The Morgan fingerprint density at radius 1 is 1.40 bits per heavy atom. The minimum Gasteiger partial charge on any atom is -0.373 e. The van der Waals surface area contributed by atoms with Crippen LogP contribution >= 0.6 is 0 Å². The van der Waals surface area contributed by atoms with Crippen LogP contribution in [0.5, 0.6) is 0 Å². The maximum Gasteiger partial charge on any atom is 0.311 e. The molecule has 0 aliphatic carbocycles. The van der Waals surface area contributed by atoms with Crippen LogP contribution in [0, 0.1) is 10.1 Å². The van der Waals surface area contributed by atoms with Crippen LogP contribution in [0.1, 0.15) is 20.8 Å². The third kappa shape index (κ3) is 4.34. The van der Waals surface area contributed by atoms with Gasteiger partial charge in [0, 0.05) is 25.7 Å². The molecule has 0 amide bonds. The van der Waals surface area contributed by atoms with Gasteiger partial charge >= 0.3 is 5.69 Å². The number of nitrogens with zero attached hydrogens (tertiary/aromatic N) is 3. The summed E-state index contributed by atoms with van der Waals surface area (Å²) in [6.07, 6.45) is 0. The molecule has 0 saturated heterocycles. The number of rotatable bonds is 8. The summed E-state index contributed by atoms with van der Waals surface area (Å²) in [5, 5.41) is 17.0. The van der Waals surface area contributed by atoms with Crippen molar-refractivity contribution in [3.8, 4) is 0 Å². The van der Waals surface area contributed by atoms with E-state index in [0.29, 0.717) is 11.6 Å². The lowest BCUT2D eigenvalue weighted by atomic mass is 10.2. The lowest BCUT2D eigenvalue weighted by molar-refractivity contribution is -0.384. The molecule has 0 aromatic carbocycles. The fourth-order valence-electron chi connectivity index (χ4n) is 1.99. The molecule has 1 atom stereocenters. The molecule has 0 spiro atoms. The van der Waals surface area contributed by atoms with Crippen LogP contribution in [-0.4, -0.2) is 47.5 Å². The van der Waals surface area contributed by atoms with E-state index in [-0.39, 0.29) is 11.7 Å². The molecular formula is C13H23N5O2. The van der Waals surface area contributed by atoms with Gasteiger partial charge in [-0.15, -0.1) is 0 Å². The van der Waals surface area contributed by atoms with Crippen molar-refractivity contribution in [2.75, 3.05) is 37.3 Å². The number of pyridine rings is 1. The molecule has 0 radical (unpaired) electrons. The van der Waals surface area contributed by atoms with Crippen molar-refractivity contribution in [1.82, 2.24) is 9.88 Å². The Bertz CT molecular complexity index is 448. The van der Waals surface area contributed by atoms with E-state index in [1.165, 1.54) is 6.07 Å². The minimum absolute atomic E-state index is 0.00426. The Balaban J connectivity index is 2.86. The molecule has 112 valence electrons. The van der Waals surface area contributed by atoms with Crippen LogP contribution in [0.25, 0.3) is 0 Å². The van der Waals surface area contributed by atoms with Crippen molar-refractivity contribution in [3.63, 3.8) is 0 Å². The lowest BCUT2D eigenvalue weighted by Gasteiger charge is -2.23. The average molecular weight is 281 g/mol. The van der Waals surface area contributed by atoms with Crippen molar-refractivity contribution in [3.05, 3.63) is 22.2 Å². The van der Waals surface area contributed by atoms with Gasteiger partial charge in [-0.05, 0) is 26.1 Å². The van der Waals surface area contributed by atoms with E-state index in [0.717, 1.165) is 19.6 Å². The van der Waals surface area contributed by atoms with Gasteiger partial charge in [0.25, 0.3) is 0 Å². The van der Waals surface area contributed by atoms with E-state index in [1.807, 2.05) is 6.92 Å². The minimum atomic E-state index is -0.418. The van der Waals surface area contributed by atoms with Gasteiger partial charge in [0.2, 0.25) is 5.82 Å². The molecule has 1 rings (SSSR count). The number of anilines is 2. The zero-order valence-corrected chi connectivity index (χ0v) is 12.5. The van der Waals surface area contributed by atoms with Gasteiger partial charge in [-0.3, -0.25) is 10.1 Å². The maximum atomic E-state index is 11.0. The second-order valence-electron chi connectivity index (χ2n) is 4.60. The fourth-order valence-corrected chi connectivity index (χ4v) is 1.99. The highest BCUT2D eigenvalue weighted by atomic mass is 16.6. The van der Waals surface area contributed by atoms with E-state index in [2.05, 4.69) is 34.4 Å². The Labute approximate surface area is 119 Å². The zero-order chi connectivity index (χ0) is 15.1. The number of likely N-dealkylation sites (N-methyl/N-ethyl adjacent to an activating group) is 1. The van der Waals surface area contributed by atoms with Gasteiger partial charge < -0.3 is 15.5 Å². The summed E-state index contributed by atoms with van der Waals surface area (Å²) >= 11 is 0. The van der Waals surface area contributed by atoms with Crippen LogP contribution in [-0.2, 0) is 0 Å². The molecule has 1 aromatic heterocycles. The summed E-state index contributed by atoms with van der Waals surface area (Å²) in [5.41, 5.74) is -0.00426. The van der Waals surface area contributed by atoms with Gasteiger partial charge in [0.05, 0.1) is 4.92 Å². The maximum absolute atomic E-state index is 11.0. The van der Waals surface area contributed by atoms with Gasteiger partial charge in [0.1, 0.15) is 5.82 Å². The van der Waals surface area contributed by atoms with Gasteiger partial charge in [0.15, 0.2) is 0 Å². The Morgan fingerprint density at radius 3 is 2.55 bits per heavy atom. The molecular weight excluding hydrogens is 258 g/mol. The normalized spacial score (nSPS) is 12.2. The van der Waals surface area contributed by atoms with Crippen molar-refractivity contribution in [2.45, 2.75) is 26.8 Å². The first-order valence-electron chi connectivity index (χ1n) is 6.83. The topological polar surface area (TPSA) is 83.3 Å². The van der Waals surface area contributed by atoms with Gasteiger partial charge in [-0.1, -0.05) is 13.8 Å². The monoisotopic (exact) mass is 281 g/mol. The SMILES string of the molecule is CCN(CC)CC(C)Nc1nc(NC)ccc1[N+](=O)[O-]. The van der Waals surface area contributed by atoms with Crippen LogP contribution < -0.4 is 10.6 Å². The number of hydrogen-bond donors (Lipinski definition) is 2. The first-order valence-corrected chi connectivity index (χ1v) is 6.83. The predicted molar refractivity (Wildman–Crippen MR) is 81.3 cm³/mol. The van der Waals surface area contributed by atoms with E-state index >= 15 is 0 Å². The predicted octanol–water partition coefficient (Wildman–Crippen LogP) is 2.17. The molecule has 1 unspecified atom stereocenters. The van der Waals surface area contributed by atoms with Crippen molar-refractivity contribution in [1.29, 1.82) is 0 Å². The summed E-state index contributed by atoms with van der Waals surface area (Å²) < 4.78 is 0. The fraction of sp³-hybridized carbons (Fsp3) is 0.615. The largest absolute Gasteiger partial charge is 0.373 e. The van der Waals surface area contributed by atoms with E-state index in [9.17, 15) is 10.1 Å². The van der Waals surface area contributed by atoms with Crippen LogP contribution in [0.2, 0.25) is 0 Å². The second-order valence-corrected chi connectivity index (χ2v) is 4.60. The number of hydrogen-bond acceptors (Lipinski definition) is 6. The standard InChI is InChI=1S/C13H23N5O2/c1-5-17(6-2)9-10(3)15-13-11(18(19)20)7-8-12(14-4)16-13/h7-8,10H,5-6,9H2,1-4H3,(H2,14,15,16). The highest BCUT2D eigenvalue weighted by molar-refractivity contribution is 5.60. The van der Waals surface area contributed by atoms with Crippen LogP contribution in [0.4, 0.5) is 17.3 Å². The van der Waals surface area contributed by atoms with Crippen molar-refractivity contribution in [2.24, 2.45) is 0 Å². The number of aromatic nitrogens is 1. The summed E-state index contributed by atoms with van der Waals surface area (Å²) in [7, 11) is 1.73. The van der Waals surface area contributed by atoms with E-state index in [4.69, 9.17) is 0 Å². The van der Waals surface area contributed by atoms with Crippen LogP contribution in [0.3, 0.4) is 0 Å². The molecule has 1 heterocycles. The lowest BCUT2D eigenvalue weighted by Crippen LogP contribution is -2.35. The van der Waals surface area contributed by atoms with E-state index in [1.54, 1.807) is 13.1 Å². The third-order valence-electron chi connectivity index (χ3n) is 3.14. The number of nitrogens with one attached hydrogen (secondary N) is 2. The van der Waals surface area contributed by atoms with Gasteiger partial charge in [-0.2, -0.15) is 0 Å². The molecule has 1 aromatic rings. The van der Waals surface area contributed by atoms with Crippen molar-refractivity contribution >= 4 is 17.3 Å². The summed E-state index contributed by atoms with van der Waals surface area (Å²) in [4.78, 5) is 17.1. The first-order chi connectivity index (χ1) is 9.51. The Morgan fingerprint density at radius 2 is 2.05 bits per heavy atom. The highest BCUT2D eigenvalue weighted by Gasteiger charge is 2.18. The summed E-state index contributed by atoms with van der Waals surface area (Å²) in [6, 6.07) is 3.14. The van der Waals surface area contributed by atoms with Crippen molar-refractivity contribution < 1.29 is 4.92 Å². The summed E-state index contributed by atoms with van der Waals surface area (Å²) in [5.74, 6) is 0.912. The molecule has 0 saturated carbocycles. The number of nitro groups is 1. The van der Waals surface area contributed by atoms with Crippen LogP contribution in [0.15, 0.2) is 12.1 Å². The average Bonchev–Trinajstić information content (AvgIpc) is 2.44.